The minimum Gasteiger partial charge on any atom is -0.457 e. The van der Waals surface area contributed by atoms with Gasteiger partial charge in [0, 0.05) is 10.8 Å². The zero-order valence-corrected chi connectivity index (χ0v) is 16.6. The van der Waals surface area contributed by atoms with Crippen LogP contribution >= 0.6 is 23.4 Å². The summed E-state index contributed by atoms with van der Waals surface area (Å²) in [6.07, 6.45) is 1.60. The van der Waals surface area contributed by atoms with Crippen molar-refractivity contribution in [3.63, 3.8) is 0 Å². The number of nitrogens with zero attached hydrogens (tertiary/aromatic N) is 1. The second kappa shape index (κ2) is 10.5. The molecule has 0 fully saturated rings. The number of halogens is 1. The fourth-order valence-electron chi connectivity index (χ4n) is 2.34. The normalized spacial score (nSPS) is 10.8. The molecule has 0 atom stereocenters. The maximum absolute atomic E-state index is 11.9. The first-order chi connectivity index (χ1) is 13.7. The average molecular weight is 411 g/mol. The highest BCUT2D eigenvalue weighted by molar-refractivity contribution is 7.99. The van der Waals surface area contributed by atoms with Gasteiger partial charge in [-0.1, -0.05) is 54.1 Å². The van der Waals surface area contributed by atoms with Crippen LogP contribution in [-0.4, -0.2) is 17.9 Å². The lowest BCUT2D eigenvalue weighted by atomic mass is 10.2. The summed E-state index contributed by atoms with van der Waals surface area (Å²) in [5, 5.41) is 4.72. The lowest BCUT2D eigenvalue weighted by molar-refractivity contribution is -0.118. The van der Waals surface area contributed by atoms with Crippen molar-refractivity contribution in [2.75, 3.05) is 5.75 Å². The Balaban J connectivity index is 1.44. The van der Waals surface area contributed by atoms with Crippen LogP contribution in [0.1, 0.15) is 11.1 Å². The van der Waals surface area contributed by atoms with E-state index in [9.17, 15) is 4.79 Å². The highest BCUT2D eigenvalue weighted by atomic mass is 35.5. The Morgan fingerprint density at radius 2 is 1.75 bits per heavy atom. The van der Waals surface area contributed by atoms with Crippen LogP contribution in [-0.2, 0) is 10.5 Å². The van der Waals surface area contributed by atoms with Crippen LogP contribution in [0.25, 0.3) is 0 Å². The fraction of sp³-hybridized carbons (Fsp3) is 0.0909. The van der Waals surface area contributed by atoms with Gasteiger partial charge in [-0.2, -0.15) is 5.10 Å². The maximum Gasteiger partial charge on any atom is 0.250 e. The van der Waals surface area contributed by atoms with Gasteiger partial charge in [-0.3, -0.25) is 4.79 Å². The minimum absolute atomic E-state index is 0.146. The summed E-state index contributed by atoms with van der Waals surface area (Å²) in [7, 11) is 0. The van der Waals surface area contributed by atoms with E-state index in [4.69, 9.17) is 16.3 Å². The molecule has 3 aromatic rings. The van der Waals surface area contributed by atoms with Crippen molar-refractivity contribution in [2.45, 2.75) is 5.75 Å². The molecule has 1 N–H and O–H groups in total. The van der Waals surface area contributed by atoms with E-state index in [0.717, 1.165) is 22.6 Å². The molecule has 142 valence electrons. The van der Waals surface area contributed by atoms with Crippen molar-refractivity contribution < 1.29 is 9.53 Å². The van der Waals surface area contributed by atoms with Gasteiger partial charge in [0.15, 0.2) is 0 Å². The van der Waals surface area contributed by atoms with E-state index >= 15 is 0 Å². The van der Waals surface area contributed by atoms with E-state index in [0.29, 0.717) is 16.5 Å². The number of amides is 1. The summed E-state index contributed by atoms with van der Waals surface area (Å²) in [6, 6.07) is 24.7. The van der Waals surface area contributed by atoms with Crippen LogP contribution in [0.15, 0.2) is 84.0 Å². The van der Waals surface area contributed by atoms with Gasteiger partial charge in [-0.05, 0) is 47.5 Å². The zero-order valence-electron chi connectivity index (χ0n) is 15.0. The predicted molar refractivity (Wildman–Crippen MR) is 116 cm³/mol. The molecule has 3 aromatic carbocycles. The molecular formula is C22H19ClN2O2S. The maximum atomic E-state index is 11.9. The molecule has 0 spiro atoms. The molecule has 0 aliphatic rings. The molecule has 4 nitrogen and oxygen atoms in total. The van der Waals surface area contributed by atoms with Crippen molar-refractivity contribution in [1.29, 1.82) is 0 Å². The van der Waals surface area contributed by atoms with Gasteiger partial charge < -0.3 is 4.74 Å². The molecule has 6 heteroatoms. The molecule has 0 aromatic heterocycles. The lowest BCUT2D eigenvalue weighted by Crippen LogP contribution is -2.19. The number of benzene rings is 3. The van der Waals surface area contributed by atoms with Crippen LogP contribution in [0.4, 0.5) is 0 Å². The van der Waals surface area contributed by atoms with Gasteiger partial charge in [0.2, 0.25) is 5.91 Å². The van der Waals surface area contributed by atoms with Crippen molar-refractivity contribution >= 4 is 35.5 Å². The molecule has 0 heterocycles. The monoisotopic (exact) mass is 410 g/mol. The average Bonchev–Trinajstić information content (AvgIpc) is 2.71. The quantitative estimate of drug-likeness (QED) is 0.393. The third-order valence-electron chi connectivity index (χ3n) is 3.66. The molecule has 0 aliphatic carbocycles. The van der Waals surface area contributed by atoms with Crippen molar-refractivity contribution in [2.24, 2.45) is 5.10 Å². The zero-order chi connectivity index (χ0) is 19.6. The molecule has 0 saturated heterocycles. The number of carbonyl (C=O) groups is 1. The van der Waals surface area contributed by atoms with E-state index in [1.165, 1.54) is 11.8 Å². The van der Waals surface area contributed by atoms with E-state index in [1.807, 2.05) is 78.9 Å². The molecule has 0 aliphatic heterocycles. The number of thioether (sulfide) groups is 1. The molecule has 0 saturated carbocycles. The summed E-state index contributed by atoms with van der Waals surface area (Å²) < 4.78 is 5.79. The van der Waals surface area contributed by atoms with Crippen LogP contribution in [0.2, 0.25) is 5.02 Å². The number of hydrazone groups is 1. The molecular weight excluding hydrogens is 392 g/mol. The lowest BCUT2D eigenvalue weighted by Gasteiger charge is -2.05. The third-order valence-corrected chi connectivity index (χ3v) is 4.91. The number of hydrogen-bond acceptors (Lipinski definition) is 4. The van der Waals surface area contributed by atoms with Crippen molar-refractivity contribution in [3.8, 4) is 11.5 Å². The van der Waals surface area contributed by atoms with E-state index in [1.54, 1.807) is 6.21 Å². The fourth-order valence-corrected chi connectivity index (χ4v) is 3.24. The van der Waals surface area contributed by atoms with Crippen LogP contribution in [0.5, 0.6) is 11.5 Å². The molecule has 0 radical (unpaired) electrons. The number of nitrogens with one attached hydrogen (secondary N) is 1. The Bertz CT molecular complexity index is 931. The summed E-state index contributed by atoms with van der Waals surface area (Å²) >= 11 is 7.38. The number of para-hydroxylation sites is 1. The molecule has 1 amide bonds. The van der Waals surface area contributed by atoms with Gasteiger partial charge >= 0.3 is 0 Å². The smallest absolute Gasteiger partial charge is 0.250 e. The Hall–Kier alpha value is -2.76. The molecule has 28 heavy (non-hydrogen) atoms. The minimum atomic E-state index is -0.146. The number of ether oxygens (including phenoxy) is 1. The van der Waals surface area contributed by atoms with E-state index in [2.05, 4.69) is 10.5 Å². The Morgan fingerprint density at radius 1 is 1.00 bits per heavy atom. The Morgan fingerprint density at radius 3 is 2.54 bits per heavy atom. The summed E-state index contributed by atoms with van der Waals surface area (Å²) in [5.41, 5.74) is 4.50. The number of hydrogen-bond donors (Lipinski definition) is 1. The van der Waals surface area contributed by atoms with Gasteiger partial charge in [-0.25, -0.2) is 5.43 Å². The first kappa shape index (κ1) is 20.0. The van der Waals surface area contributed by atoms with Crippen LogP contribution < -0.4 is 10.2 Å². The third kappa shape index (κ3) is 6.76. The molecule has 0 unspecified atom stereocenters. The van der Waals surface area contributed by atoms with Gasteiger partial charge in [-0.15, -0.1) is 11.8 Å². The first-order valence-electron chi connectivity index (χ1n) is 8.66. The second-order valence-corrected chi connectivity index (χ2v) is 7.32. The summed E-state index contributed by atoms with van der Waals surface area (Å²) in [4.78, 5) is 11.9. The summed E-state index contributed by atoms with van der Waals surface area (Å²) in [6.45, 7) is 0. The number of carbonyl (C=O) groups excluding carboxylic acids is 1. The predicted octanol–water partition coefficient (Wildman–Crippen LogP) is 5.52. The highest BCUT2D eigenvalue weighted by Gasteiger charge is 2.01. The standard InChI is InChI=1S/C22H19ClN2O2S/c23-19-11-9-17(10-12-19)15-28-16-22(26)25-24-14-18-5-4-8-21(13-18)27-20-6-2-1-3-7-20/h1-14H,15-16H2,(H,25,26)/b24-14+. The molecule has 3 rings (SSSR count). The van der Waals surface area contributed by atoms with E-state index in [-0.39, 0.29) is 5.91 Å². The Kier molecular flexibility index (Phi) is 7.53. The van der Waals surface area contributed by atoms with Crippen LogP contribution in [0.3, 0.4) is 0 Å². The van der Waals surface area contributed by atoms with E-state index < -0.39 is 0 Å². The van der Waals surface area contributed by atoms with Crippen molar-refractivity contribution in [1.82, 2.24) is 5.43 Å². The van der Waals surface area contributed by atoms with Crippen LogP contribution in [0, 0.1) is 0 Å². The summed E-state index contributed by atoms with van der Waals surface area (Å²) in [5.74, 6) is 2.40. The molecule has 0 bridgehead atoms. The highest BCUT2D eigenvalue weighted by Crippen LogP contribution is 2.21. The second-order valence-electron chi connectivity index (χ2n) is 5.90. The Labute approximate surface area is 173 Å². The first-order valence-corrected chi connectivity index (χ1v) is 10.2. The largest absolute Gasteiger partial charge is 0.457 e. The van der Waals surface area contributed by atoms with Crippen molar-refractivity contribution in [3.05, 3.63) is 95.0 Å². The van der Waals surface area contributed by atoms with Gasteiger partial charge in [0.25, 0.3) is 0 Å². The SMILES string of the molecule is O=C(CSCc1ccc(Cl)cc1)N/N=C/c1cccc(Oc2ccccc2)c1. The topological polar surface area (TPSA) is 50.7 Å². The number of rotatable bonds is 8. The van der Waals surface area contributed by atoms with Gasteiger partial charge in [0.05, 0.1) is 12.0 Å². The van der Waals surface area contributed by atoms with Gasteiger partial charge in [0.1, 0.15) is 11.5 Å².